The molecule has 1 aromatic heterocycles. The molecule has 3 aromatic rings. The Hall–Kier alpha value is -2.95. The number of nitrogens with zero attached hydrogens (tertiary/aromatic N) is 2. The number of hydrogen-bond acceptors (Lipinski definition) is 4. The highest BCUT2D eigenvalue weighted by Gasteiger charge is 2.27. The molecular formula is C26H30N2O3. The van der Waals surface area contributed by atoms with Crippen LogP contribution in [0.1, 0.15) is 67.3 Å². The summed E-state index contributed by atoms with van der Waals surface area (Å²) in [6.45, 7) is 5.72. The summed E-state index contributed by atoms with van der Waals surface area (Å²) < 4.78 is 5.90. The molecule has 31 heavy (non-hydrogen) atoms. The first kappa shape index (κ1) is 21.3. The molecule has 0 N–H and O–H groups in total. The van der Waals surface area contributed by atoms with Gasteiger partial charge in [-0.2, -0.15) is 0 Å². The summed E-state index contributed by atoms with van der Waals surface area (Å²) in [5, 5.41) is 0. The van der Waals surface area contributed by atoms with E-state index in [-0.39, 0.29) is 30.4 Å². The minimum atomic E-state index is 0.0332. The summed E-state index contributed by atoms with van der Waals surface area (Å²) >= 11 is 0. The largest absolute Gasteiger partial charge is 0.440 e. The molecule has 1 amide bonds. The molecule has 0 atom stereocenters. The number of rotatable bonds is 7. The number of likely N-dealkylation sites (tertiary alicyclic amines) is 1. The van der Waals surface area contributed by atoms with Crippen molar-refractivity contribution in [1.29, 1.82) is 0 Å². The minimum Gasteiger partial charge on any atom is -0.440 e. The number of piperidine rings is 1. The Kier molecular flexibility index (Phi) is 6.50. The molecular weight excluding hydrogens is 388 g/mol. The lowest BCUT2D eigenvalue weighted by Gasteiger charge is -2.30. The number of ketones is 1. The number of fused-ring (bicyclic) bond motifs is 1. The van der Waals surface area contributed by atoms with Crippen LogP contribution < -0.4 is 0 Å². The highest BCUT2D eigenvalue weighted by Crippen LogP contribution is 2.30. The second kappa shape index (κ2) is 9.46. The van der Waals surface area contributed by atoms with Gasteiger partial charge in [0.25, 0.3) is 0 Å². The van der Waals surface area contributed by atoms with Gasteiger partial charge in [0.05, 0.1) is 0 Å². The van der Waals surface area contributed by atoms with E-state index in [0.29, 0.717) is 24.6 Å². The number of amides is 1. The number of para-hydroxylation sites is 2. The van der Waals surface area contributed by atoms with Crippen LogP contribution in [0.5, 0.6) is 0 Å². The smallest absolute Gasteiger partial charge is 0.223 e. The molecule has 0 spiro atoms. The third kappa shape index (κ3) is 5.22. The molecule has 162 valence electrons. The summed E-state index contributed by atoms with van der Waals surface area (Å²) in [6.07, 6.45) is 3.20. The van der Waals surface area contributed by atoms with Gasteiger partial charge in [0.2, 0.25) is 5.91 Å². The summed E-state index contributed by atoms with van der Waals surface area (Å²) in [7, 11) is 0. The van der Waals surface area contributed by atoms with Gasteiger partial charge in [-0.25, -0.2) is 4.98 Å². The molecule has 1 aliphatic rings. The van der Waals surface area contributed by atoms with E-state index in [1.807, 2.05) is 53.4 Å². The molecule has 1 saturated heterocycles. The summed E-state index contributed by atoms with van der Waals surface area (Å²) in [4.78, 5) is 31.6. The third-order valence-electron chi connectivity index (χ3n) is 5.99. The van der Waals surface area contributed by atoms with Crippen LogP contribution in [0.2, 0.25) is 0 Å². The van der Waals surface area contributed by atoms with Gasteiger partial charge in [0.1, 0.15) is 5.52 Å². The first-order valence-electron chi connectivity index (χ1n) is 11.2. The molecule has 1 fully saturated rings. The third-order valence-corrected chi connectivity index (χ3v) is 5.99. The molecule has 4 rings (SSSR count). The van der Waals surface area contributed by atoms with E-state index in [9.17, 15) is 9.59 Å². The summed E-state index contributed by atoms with van der Waals surface area (Å²) in [6, 6.07) is 15.6. The second-order valence-electron chi connectivity index (χ2n) is 8.89. The number of carbonyl (C=O) groups is 2. The van der Waals surface area contributed by atoms with Crippen LogP contribution in [-0.2, 0) is 11.2 Å². The van der Waals surface area contributed by atoms with Crippen molar-refractivity contribution < 1.29 is 14.0 Å². The Morgan fingerprint density at radius 1 is 1.03 bits per heavy atom. The minimum absolute atomic E-state index is 0.0332. The van der Waals surface area contributed by atoms with Crippen molar-refractivity contribution in [2.45, 2.75) is 51.9 Å². The fraction of sp³-hybridized carbons (Fsp3) is 0.423. The predicted molar refractivity (Wildman–Crippen MR) is 121 cm³/mol. The van der Waals surface area contributed by atoms with Crippen molar-refractivity contribution in [1.82, 2.24) is 9.88 Å². The maximum atomic E-state index is 12.6. The highest BCUT2D eigenvalue weighted by molar-refractivity contribution is 5.98. The van der Waals surface area contributed by atoms with Crippen LogP contribution in [0.25, 0.3) is 11.1 Å². The van der Waals surface area contributed by atoms with E-state index >= 15 is 0 Å². The number of oxazole rings is 1. The molecule has 0 aliphatic carbocycles. The van der Waals surface area contributed by atoms with E-state index < -0.39 is 0 Å². The van der Waals surface area contributed by atoms with Crippen molar-refractivity contribution >= 4 is 22.8 Å². The van der Waals surface area contributed by atoms with Crippen molar-refractivity contribution in [2.24, 2.45) is 5.92 Å². The van der Waals surface area contributed by atoms with Crippen molar-refractivity contribution in [3.63, 3.8) is 0 Å². The van der Waals surface area contributed by atoms with Gasteiger partial charge in [0, 0.05) is 37.4 Å². The molecule has 0 saturated carbocycles. The molecule has 5 nitrogen and oxygen atoms in total. The quantitative estimate of drug-likeness (QED) is 0.482. The molecule has 5 heteroatoms. The number of benzene rings is 2. The van der Waals surface area contributed by atoms with E-state index in [1.54, 1.807) is 0 Å². The second-order valence-corrected chi connectivity index (χ2v) is 8.89. The van der Waals surface area contributed by atoms with Gasteiger partial charge >= 0.3 is 0 Å². The van der Waals surface area contributed by atoms with Gasteiger partial charge in [-0.1, -0.05) is 50.2 Å². The maximum Gasteiger partial charge on any atom is 0.223 e. The predicted octanol–water partition coefficient (Wildman–Crippen LogP) is 5.40. The van der Waals surface area contributed by atoms with Crippen LogP contribution in [0.15, 0.2) is 52.9 Å². The number of hydrogen-bond donors (Lipinski definition) is 0. The first-order chi connectivity index (χ1) is 15.0. The monoisotopic (exact) mass is 418 g/mol. The molecule has 2 aromatic carbocycles. The van der Waals surface area contributed by atoms with Crippen molar-refractivity contribution in [2.75, 3.05) is 13.1 Å². The molecule has 2 heterocycles. The number of Topliss-reactive ketones (excluding diaryl/α,β-unsaturated/α-hetero) is 1. The van der Waals surface area contributed by atoms with E-state index in [0.717, 1.165) is 36.3 Å². The topological polar surface area (TPSA) is 63.4 Å². The Morgan fingerprint density at radius 2 is 1.74 bits per heavy atom. The SMILES string of the molecule is CC(C)Cc1ccc(C(=O)CCC(=O)N2CCC(c3nc4ccccc4o3)CC2)cc1. The fourth-order valence-corrected chi connectivity index (χ4v) is 4.26. The number of carbonyl (C=O) groups excluding carboxylic acids is 2. The zero-order valence-electron chi connectivity index (χ0n) is 18.3. The van der Waals surface area contributed by atoms with Crippen LogP contribution >= 0.6 is 0 Å². The molecule has 0 radical (unpaired) electrons. The zero-order chi connectivity index (χ0) is 21.8. The Balaban J connectivity index is 1.25. The van der Waals surface area contributed by atoms with E-state index in [1.165, 1.54) is 5.56 Å². The Labute approximate surface area is 183 Å². The van der Waals surface area contributed by atoms with Crippen LogP contribution in [-0.4, -0.2) is 34.7 Å². The maximum absolute atomic E-state index is 12.6. The van der Waals surface area contributed by atoms with Crippen molar-refractivity contribution in [3.8, 4) is 0 Å². The lowest BCUT2D eigenvalue weighted by atomic mass is 9.96. The van der Waals surface area contributed by atoms with Gasteiger partial charge in [-0.3, -0.25) is 9.59 Å². The molecule has 1 aliphatic heterocycles. The Morgan fingerprint density at radius 3 is 2.42 bits per heavy atom. The highest BCUT2D eigenvalue weighted by atomic mass is 16.3. The lowest BCUT2D eigenvalue weighted by molar-refractivity contribution is -0.132. The Bertz CT molecular complexity index is 1010. The average molecular weight is 419 g/mol. The molecule has 0 bridgehead atoms. The normalized spacial score (nSPS) is 15.0. The number of aromatic nitrogens is 1. The van der Waals surface area contributed by atoms with Crippen LogP contribution in [0, 0.1) is 5.92 Å². The standard InChI is InChI=1S/C26H30N2O3/c1-18(2)17-19-7-9-20(10-8-19)23(29)11-12-25(30)28-15-13-21(14-16-28)26-27-22-5-3-4-6-24(22)31-26/h3-10,18,21H,11-17H2,1-2H3. The van der Waals surface area contributed by atoms with Crippen molar-refractivity contribution in [3.05, 3.63) is 65.5 Å². The lowest BCUT2D eigenvalue weighted by Crippen LogP contribution is -2.38. The van der Waals surface area contributed by atoms with Gasteiger partial charge in [-0.15, -0.1) is 0 Å². The van der Waals surface area contributed by atoms with Gasteiger partial charge in [0.15, 0.2) is 17.3 Å². The van der Waals surface area contributed by atoms with Gasteiger partial charge in [-0.05, 0) is 42.9 Å². The van der Waals surface area contributed by atoms with Crippen LogP contribution in [0.3, 0.4) is 0 Å². The summed E-state index contributed by atoms with van der Waals surface area (Å²) in [5.74, 6) is 1.68. The zero-order valence-corrected chi connectivity index (χ0v) is 18.3. The summed E-state index contributed by atoms with van der Waals surface area (Å²) in [5.41, 5.74) is 3.62. The molecule has 0 unspecified atom stereocenters. The van der Waals surface area contributed by atoms with E-state index in [4.69, 9.17) is 4.42 Å². The average Bonchev–Trinajstić information content (AvgIpc) is 3.22. The van der Waals surface area contributed by atoms with E-state index in [2.05, 4.69) is 18.8 Å². The fourth-order valence-electron chi connectivity index (χ4n) is 4.26. The van der Waals surface area contributed by atoms with Crippen LogP contribution in [0.4, 0.5) is 0 Å². The first-order valence-corrected chi connectivity index (χ1v) is 11.2. The van der Waals surface area contributed by atoms with Gasteiger partial charge < -0.3 is 9.32 Å².